The van der Waals surface area contributed by atoms with Crippen molar-refractivity contribution in [2.24, 2.45) is 12.2 Å². The summed E-state index contributed by atoms with van der Waals surface area (Å²) in [6.07, 6.45) is 4.95. The molecular weight excluding hydrogens is 248 g/mol. The van der Waals surface area contributed by atoms with Gasteiger partial charge in [0.2, 0.25) is 0 Å². The Balaban J connectivity index is 2.23. The van der Waals surface area contributed by atoms with Gasteiger partial charge in [0.25, 0.3) is 11.8 Å². The van der Waals surface area contributed by atoms with Crippen molar-refractivity contribution in [3.63, 3.8) is 0 Å². The highest BCUT2D eigenvalue weighted by molar-refractivity contribution is 6.25. The maximum Gasteiger partial charge on any atom is 0.265 e. The second-order valence-electron chi connectivity index (χ2n) is 3.90. The number of amides is 2. The van der Waals surface area contributed by atoms with Crippen LogP contribution in [0.25, 0.3) is 0 Å². The van der Waals surface area contributed by atoms with Crippen LogP contribution in [0.5, 0.6) is 0 Å². The number of nitrogens with zero attached hydrogens (tertiary/aromatic N) is 2. The Morgan fingerprint density at radius 3 is 2.84 bits per heavy atom. The fourth-order valence-electron chi connectivity index (χ4n) is 1.42. The number of rotatable bonds is 6. The molecule has 0 radical (unpaired) electrons. The average Bonchev–Trinajstić information content (AvgIpc) is 2.38. The molecule has 1 heterocycles. The van der Waals surface area contributed by atoms with Crippen LogP contribution < -0.4 is 15.2 Å². The molecule has 0 saturated carbocycles. The molecule has 3 N–H and O–H groups in total. The minimum Gasteiger partial charge on any atom is -0.411 e. The predicted octanol–water partition coefficient (Wildman–Crippen LogP) is -0.793. The van der Waals surface area contributed by atoms with Crippen LogP contribution in [0.3, 0.4) is 0 Å². The smallest absolute Gasteiger partial charge is 0.265 e. The van der Waals surface area contributed by atoms with Gasteiger partial charge in [0, 0.05) is 19.2 Å². The van der Waals surface area contributed by atoms with Gasteiger partial charge in [-0.05, 0) is 12.5 Å². The van der Waals surface area contributed by atoms with E-state index in [2.05, 4.69) is 15.8 Å². The normalized spacial score (nSPS) is 10.4. The van der Waals surface area contributed by atoms with Gasteiger partial charge in [0.1, 0.15) is 18.8 Å². The lowest BCUT2D eigenvalue weighted by Crippen LogP contribution is -2.33. The zero-order valence-corrected chi connectivity index (χ0v) is 10.7. The Morgan fingerprint density at radius 1 is 1.42 bits per heavy atom. The van der Waals surface area contributed by atoms with E-state index in [0.717, 1.165) is 6.21 Å². The lowest BCUT2D eigenvalue weighted by Gasteiger charge is -2.04. The van der Waals surface area contributed by atoms with Gasteiger partial charge in [-0.25, -0.2) is 4.57 Å². The van der Waals surface area contributed by atoms with E-state index in [-0.39, 0.29) is 5.91 Å². The molecule has 0 aliphatic rings. The Kier molecular flexibility index (Phi) is 6.00. The van der Waals surface area contributed by atoms with Gasteiger partial charge >= 0.3 is 0 Å². The molecule has 19 heavy (non-hydrogen) atoms. The van der Waals surface area contributed by atoms with Gasteiger partial charge in [-0.3, -0.25) is 9.59 Å². The largest absolute Gasteiger partial charge is 0.411 e. The molecule has 1 aromatic rings. The van der Waals surface area contributed by atoms with Crippen molar-refractivity contribution in [2.45, 2.75) is 6.42 Å². The van der Waals surface area contributed by atoms with Crippen molar-refractivity contribution >= 4 is 18.0 Å². The van der Waals surface area contributed by atoms with Crippen LogP contribution in [-0.2, 0) is 11.8 Å². The van der Waals surface area contributed by atoms with E-state index in [9.17, 15) is 9.59 Å². The lowest BCUT2D eigenvalue weighted by molar-refractivity contribution is -0.671. The van der Waals surface area contributed by atoms with Crippen LogP contribution >= 0.6 is 0 Å². The molecule has 0 unspecified atom stereocenters. The van der Waals surface area contributed by atoms with Gasteiger partial charge in [-0.15, -0.1) is 0 Å². The zero-order valence-electron chi connectivity index (χ0n) is 10.7. The third-order valence-electron chi connectivity index (χ3n) is 2.32. The maximum atomic E-state index is 11.7. The molecule has 7 heteroatoms. The first-order valence-corrected chi connectivity index (χ1v) is 5.82. The molecule has 7 nitrogen and oxygen atoms in total. The minimum atomic E-state index is -0.469. The number of aromatic nitrogens is 1. The number of hydrogen-bond acceptors (Lipinski definition) is 4. The molecule has 0 aliphatic carbocycles. The summed E-state index contributed by atoms with van der Waals surface area (Å²) in [6.45, 7) is 0.849. The number of nitrogens with one attached hydrogen (secondary N) is 2. The van der Waals surface area contributed by atoms with E-state index in [4.69, 9.17) is 5.21 Å². The van der Waals surface area contributed by atoms with Crippen molar-refractivity contribution in [3.05, 3.63) is 30.1 Å². The number of carbonyl (C=O) groups is 2. The molecule has 0 bridgehead atoms. The monoisotopic (exact) mass is 265 g/mol. The molecule has 0 atom stereocenters. The first-order valence-electron chi connectivity index (χ1n) is 5.82. The summed E-state index contributed by atoms with van der Waals surface area (Å²) >= 11 is 0. The number of oxime groups is 1. The molecule has 0 aliphatic heterocycles. The molecule has 0 spiro atoms. The van der Waals surface area contributed by atoms with Gasteiger partial charge in [0.15, 0.2) is 12.4 Å². The van der Waals surface area contributed by atoms with Crippen LogP contribution in [0.15, 0.2) is 29.7 Å². The lowest BCUT2D eigenvalue weighted by atomic mass is 10.2. The van der Waals surface area contributed by atoms with Crippen LogP contribution in [-0.4, -0.2) is 36.3 Å². The summed E-state index contributed by atoms with van der Waals surface area (Å²) in [5, 5.41) is 16.0. The van der Waals surface area contributed by atoms with E-state index < -0.39 is 5.91 Å². The standard InChI is InChI=1S/C12H16N4O3/c1-16-7-2-4-10(9-16)12(18)14-6-3-5-13-11(17)8-15-19/h2,4,7-9H,3,5-6H2,1H3,(H2-,13,14,17,18,19)/p+1. The number of aryl methyl sites for hydroxylation is 1. The third-order valence-corrected chi connectivity index (χ3v) is 2.32. The molecule has 0 aromatic carbocycles. The third kappa shape index (κ3) is 5.62. The van der Waals surface area contributed by atoms with E-state index in [0.29, 0.717) is 25.1 Å². The predicted molar refractivity (Wildman–Crippen MR) is 67.9 cm³/mol. The zero-order chi connectivity index (χ0) is 14.1. The second kappa shape index (κ2) is 7.80. The van der Waals surface area contributed by atoms with Gasteiger partial charge in [0.05, 0.1) is 0 Å². The van der Waals surface area contributed by atoms with Crippen molar-refractivity contribution < 1.29 is 19.4 Å². The highest BCUT2D eigenvalue weighted by Crippen LogP contribution is 1.93. The summed E-state index contributed by atoms with van der Waals surface area (Å²) in [5.41, 5.74) is 0.585. The first kappa shape index (κ1) is 14.6. The average molecular weight is 265 g/mol. The second-order valence-corrected chi connectivity index (χ2v) is 3.90. The number of carbonyl (C=O) groups excluding carboxylic acids is 2. The van der Waals surface area contributed by atoms with Gasteiger partial charge in [-0.2, -0.15) is 0 Å². The fraction of sp³-hybridized carbons (Fsp3) is 0.333. The maximum absolute atomic E-state index is 11.7. The van der Waals surface area contributed by atoms with Crippen molar-refractivity contribution in [1.29, 1.82) is 0 Å². The van der Waals surface area contributed by atoms with Gasteiger partial charge < -0.3 is 15.8 Å². The Labute approximate surface area is 110 Å². The van der Waals surface area contributed by atoms with Crippen molar-refractivity contribution in [1.82, 2.24) is 10.6 Å². The molecule has 0 saturated heterocycles. The molecule has 102 valence electrons. The first-order chi connectivity index (χ1) is 9.13. The van der Waals surface area contributed by atoms with E-state index >= 15 is 0 Å². The van der Waals surface area contributed by atoms with Crippen molar-refractivity contribution in [2.75, 3.05) is 13.1 Å². The topological polar surface area (TPSA) is 94.7 Å². The van der Waals surface area contributed by atoms with Crippen LogP contribution in [0.1, 0.15) is 16.8 Å². The highest BCUT2D eigenvalue weighted by atomic mass is 16.4. The fourth-order valence-corrected chi connectivity index (χ4v) is 1.42. The molecular formula is C12H17N4O3+. The van der Waals surface area contributed by atoms with E-state index in [1.807, 2.05) is 13.2 Å². The Morgan fingerprint density at radius 2 is 2.16 bits per heavy atom. The molecule has 1 rings (SSSR count). The van der Waals surface area contributed by atoms with Crippen LogP contribution in [0.2, 0.25) is 0 Å². The summed E-state index contributed by atoms with van der Waals surface area (Å²) < 4.78 is 1.80. The number of pyridine rings is 1. The molecule has 0 fully saturated rings. The van der Waals surface area contributed by atoms with Crippen molar-refractivity contribution in [3.8, 4) is 0 Å². The summed E-state index contributed by atoms with van der Waals surface area (Å²) in [5.74, 6) is -0.622. The van der Waals surface area contributed by atoms with Gasteiger partial charge in [-0.1, -0.05) is 5.16 Å². The highest BCUT2D eigenvalue weighted by Gasteiger charge is 2.07. The molecule has 1 aromatic heterocycles. The van der Waals surface area contributed by atoms with E-state index in [1.165, 1.54) is 0 Å². The summed E-state index contributed by atoms with van der Waals surface area (Å²) in [4.78, 5) is 22.6. The van der Waals surface area contributed by atoms with Crippen LogP contribution in [0.4, 0.5) is 0 Å². The SMILES string of the molecule is C[n+]1cccc(C(=O)NCCCNC(=O)/C=N\O)c1. The Bertz CT molecular complexity index is 474. The quantitative estimate of drug-likeness (QED) is 0.207. The van der Waals surface area contributed by atoms with Crippen LogP contribution in [0, 0.1) is 0 Å². The Hall–Kier alpha value is -2.44. The summed E-state index contributed by atoms with van der Waals surface area (Å²) in [6, 6.07) is 3.53. The number of hydrogen-bond donors (Lipinski definition) is 3. The van der Waals surface area contributed by atoms with E-state index in [1.54, 1.807) is 22.9 Å². The minimum absolute atomic E-state index is 0.153. The molecule has 2 amide bonds. The summed E-state index contributed by atoms with van der Waals surface area (Å²) in [7, 11) is 1.84.